The lowest BCUT2D eigenvalue weighted by Gasteiger charge is -2.06. The predicted octanol–water partition coefficient (Wildman–Crippen LogP) is 3.04. The fourth-order valence-electron chi connectivity index (χ4n) is 1.40. The van der Waals surface area contributed by atoms with Crippen LogP contribution in [0.5, 0.6) is 0 Å². The normalized spacial score (nSPS) is 11.3. The van der Waals surface area contributed by atoms with Crippen molar-refractivity contribution in [2.45, 2.75) is 4.90 Å². The van der Waals surface area contributed by atoms with E-state index in [9.17, 15) is 17.6 Å². The first kappa shape index (κ1) is 14.8. The van der Waals surface area contributed by atoms with E-state index >= 15 is 0 Å². The molecule has 0 aliphatic carbocycles. The number of carboxylic acids is 1. The maximum Gasteiger partial charge on any atom is 0.345 e. The molecule has 2 rings (SSSR count). The van der Waals surface area contributed by atoms with E-state index in [1.54, 1.807) is 0 Å². The summed E-state index contributed by atoms with van der Waals surface area (Å²) in [5, 5.41) is 9.98. The van der Waals surface area contributed by atoms with Crippen molar-refractivity contribution in [1.82, 2.24) is 0 Å². The molecule has 1 aromatic carbocycles. The molecule has 0 saturated heterocycles. The van der Waals surface area contributed by atoms with Crippen molar-refractivity contribution in [3.8, 4) is 0 Å². The van der Waals surface area contributed by atoms with Crippen molar-refractivity contribution < 1.29 is 22.7 Å². The number of aromatic carboxylic acids is 1. The molecule has 0 saturated carbocycles. The second kappa shape index (κ2) is 5.39. The Morgan fingerprint density at radius 2 is 2.00 bits per heavy atom. The van der Waals surface area contributed by atoms with Gasteiger partial charge in [0.2, 0.25) is 0 Å². The second-order valence-corrected chi connectivity index (χ2v) is 6.75. The molecular weight excluding hydrogens is 329 g/mol. The number of hydrogen-bond acceptors (Lipinski definition) is 4. The Hall–Kier alpha value is -1.64. The first-order valence-electron chi connectivity index (χ1n) is 5.09. The van der Waals surface area contributed by atoms with Crippen LogP contribution in [-0.2, 0) is 10.0 Å². The van der Waals surface area contributed by atoms with Crippen molar-refractivity contribution in [1.29, 1.82) is 0 Å². The number of sulfonamides is 1. The molecule has 0 fully saturated rings. The summed E-state index contributed by atoms with van der Waals surface area (Å²) in [5.74, 6) is -1.91. The molecule has 0 spiro atoms. The average Bonchev–Trinajstić information content (AvgIpc) is 2.76. The number of hydrogen-bond donors (Lipinski definition) is 2. The van der Waals surface area contributed by atoms with Gasteiger partial charge in [-0.15, -0.1) is 11.3 Å². The average molecular weight is 336 g/mol. The van der Waals surface area contributed by atoms with Crippen LogP contribution in [0.3, 0.4) is 0 Å². The highest BCUT2D eigenvalue weighted by atomic mass is 35.5. The third-order valence-electron chi connectivity index (χ3n) is 2.21. The van der Waals surface area contributed by atoms with Crippen LogP contribution in [-0.4, -0.2) is 19.5 Å². The highest BCUT2D eigenvalue weighted by Crippen LogP contribution is 2.24. The maximum atomic E-state index is 13.1. The Morgan fingerprint density at radius 1 is 1.30 bits per heavy atom. The molecule has 20 heavy (non-hydrogen) atoms. The van der Waals surface area contributed by atoms with E-state index in [0.717, 1.165) is 29.5 Å². The highest BCUT2D eigenvalue weighted by molar-refractivity contribution is 7.92. The predicted molar refractivity (Wildman–Crippen MR) is 73.5 cm³/mol. The summed E-state index contributed by atoms with van der Waals surface area (Å²) in [6, 6.07) is 4.27. The lowest BCUT2D eigenvalue weighted by Crippen LogP contribution is -2.12. The van der Waals surface area contributed by atoms with Crippen molar-refractivity contribution in [3.63, 3.8) is 0 Å². The van der Waals surface area contributed by atoms with Crippen LogP contribution in [0.15, 0.2) is 34.5 Å². The van der Waals surface area contributed by atoms with E-state index in [-0.39, 0.29) is 20.5 Å². The first-order chi connectivity index (χ1) is 9.28. The van der Waals surface area contributed by atoms with Crippen LogP contribution in [0, 0.1) is 5.82 Å². The summed E-state index contributed by atoms with van der Waals surface area (Å²) in [7, 11) is -3.99. The number of carboxylic acid groups (broad SMARTS) is 1. The van der Waals surface area contributed by atoms with Gasteiger partial charge in [0.25, 0.3) is 10.0 Å². The number of anilines is 1. The topological polar surface area (TPSA) is 83.5 Å². The number of rotatable bonds is 4. The van der Waals surface area contributed by atoms with Crippen molar-refractivity contribution in [2.75, 3.05) is 4.72 Å². The third-order valence-corrected chi connectivity index (χ3v) is 4.86. The molecule has 0 aliphatic rings. The van der Waals surface area contributed by atoms with E-state index in [1.165, 1.54) is 11.4 Å². The SMILES string of the molecule is O=C(O)c1cc(S(=O)(=O)Nc2cc(F)cc(Cl)c2)cs1. The van der Waals surface area contributed by atoms with Gasteiger partial charge in [-0.3, -0.25) is 4.72 Å². The van der Waals surface area contributed by atoms with Crippen LogP contribution >= 0.6 is 22.9 Å². The summed E-state index contributed by atoms with van der Waals surface area (Å²) >= 11 is 6.40. The Kier molecular flexibility index (Phi) is 3.98. The molecule has 106 valence electrons. The number of carbonyl (C=O) groups is 1. The minimum atomic E-state index is -3.99. The van der Waals surface area contributed by atoms with Crippen LogP contribution in [0.25, 0.3) is 0 Å². The molecular formula is C11H7ClFNO4S2. The van der Waals surface area contributed by atoms with Crippen molar-refractivity contribution >= 4 is 44.6 Å². The summed E-state index contributed by atoms with van der Waals surface area (Å²) in [5.41, 5.74) is -0.0434. The van der Waals surface area contributed by atoms with Gasteiger partial charge >= 0.3 is 5.97 Å². The van der Waals surface area contributed by atoms with Gasteiger partial charge in [0.1, 0.15) is 10.7 Å². The van der Waals surface area contributed by atoms with E-state index in [0.29, 0.717) is 0 Å². The van der Waals surface area contributed by atoms with Crippen LogP contribution in [0.2, 0.25) is 5.02 Å². The molecule has 2 aromatic rings. The number of nitrogens with one attached hydrogen (secondary N) is 1. The minimum Gasteiger partial charge on any atom is -0.477 e. The number of thiophene rings is 1. The van der Waals surface area contributed by atoms with Crippen LogP contribution in [0.1, 0.15) is 9.67 Å². The molecule has 5 nitrogen and oxygen atoms in total. The first-order valence-corrected chi connectivity index (χ1v) is 7.83. The largest absolute Gasteiger partial charge is 0.477 e. The lowest BCUT2D eigenvalue weighted by atomic mass is 10.3. The van der Waals surface area contributed by atoms with E-state index in [4.69, 9.17) is 16.7 Å². The molecule has 0 unspecified atom stereocenters. The lowest BCUT2D eigenvalue weighted by molar-refractivity contribution is 0.0702. The Balaban J connectivity index is 2.32. The van der Waals surface area contributed by atoms with Gasteiger partial charge in [0.05, 0.1) is 10.6 Å². The van der Waals surface area contributed by atoms with E-state index in [2.05, 4.69) is 4.72 Å². The van der Waals surface area contributed by atoms with E-state index in [1.807, 2.05) is 0 Å². The maximum absolute atomic E-state index is 13.1. The zero-order valence-corrected chi connectivity index (χ0v) is 12.0. The number of benzene rings is 1. The van der Waals surface area contributed by atoms with Crippen molar-refractivity contribution in [3.05, 3.63) is 45.4 Å². The van der Waals surface area contributed by atoms with Gasteiger partial charge in [0, 0.05) is 10.4 Å². The standard InChI is InChI=1S/C11H7ClFNO4S2/c12-6-1-7(13)3-8(2-6)14-20(17,18)9-4-10(11(15)16)19-5-9/h1-5,14H,(H,15,16). The summed E-state index contributed by atoms with van der Waals surface area (Å²) in [6.45, 7) is 0. The molecule has 0 atom stereocenters. The second-order valence-electron chi connectivity index (χ2n) is 3.72. The Morgan fingerprint density at radius 3 is 2.55 bits per heavy atom. The van der Waals surface area contributed by atoms with Gasteiger partial charge in [-0.25, -0.2) is 17.6 Å². The monoisotopic (exact) mass is 335 g/mol. The van der Waals surface area contributed by atoms with Gasteiger partial charge in [0.15, 0.2) is 0 Å². The molecule has 0 radical (unpaired) electrons. The highest BCUT2D eigenvalue weighted by Gasteiger charge is 2.19. The quantitative estimate of drug-likeness (QED) is 0.899. The van der Waals surface area contributed by atoms with Gasteiger partial charge in [-0.2, -0.15) is 0 Å². The minimum absolute atomic E-state index is 0.0410. The molecule has 1 aromatic heterocycles. The van der Waals surface area contributed by atoms with Crippen LogP contribution in [0.4, 0.5) is 10.1 Å². The summed E-state index contributed by atoms with van der Waals surface area (Å²) in [6.07, 6.45) is 0. The Labute approximate surface area is 122 Å². The van der Waals surface area contributed by atoms with Crippen LogP contribution < -0.4 is 4.72 Å². The molecule has 1 heterocycles. The van der Waals surface area contributed by atoms with Gasteiger partial charge in [-0.05, 0) is 24.3 Å². The number of halogens is 2. The molecule has 0 aliphatic heterocycles. The van der Waals surface area contributed by atoms with Crippen molar-refractivity contribution in [2.24, 2.45) is 0 Å². The third kappa shape index (κ3) is 3.27. The summed E-state index contributed by atoms with van der Waals surface area (Å²) < 4.78 is 39.2. The molecule has 2 N–H and O–H groups in total. The smallest absolute Gasteiger partial charge is 0.345 e. The fraction of sp³-hybridized carbons (Fsp3) is 0. The Bertz CT molecular complexity index is 752. The summed E-state index contributed by atoms with van der Waals surface area (Å²) in [4.78, 5) is 10.4. The zero-order valence-electron chi connectivity index (χ0n) is 9.63. The molecule has 0 amide bonds. The van der Waals surface area contributed by atoms with Gasteiger partial charge in [-0.1, -0.05) is 11.6 Å². The fourth-order valence-corrected chi connectivity index (χ4v) is 3.77. The van der Waals surface area contributed by atoms with Gasteiger partial charge < -0.3 is 5.11 Å². The zero-order chi connectivity index (χ0) is 14.9. The van der Waals surface area contributed by atoms with E-state index < -0.39 is 21.8 Å². The molecule has 0 bridgehead atoms. The molecule has 9 heteroatoms.